The maximum atomic E-state index is 4.90. The fourth-order valence-corrected chi connectivity index (χ4v) is 3.15. The van der Waals surface area contributed by atoms with E-state index in [1.54, 1.807) is 0 Å². The number of pyridine rings is 1. The molecule has 2 nitrogen and oxygen atoms in total. The zero-order chi connectivity index (χ0) is 16.7. The molecule has 4 aromatic rings. The summed E-state index contributed by atoms with van der Waals surface area (Å²) in [7, 11) is 0. The molecule has 0 saturated carbocycles. The second-order valence-electron chi connectivity index (χ2n) is 6.45. The molecule has 2 aromatic heterocycles. The van der Waals surface area contributed by atoms with Crippen molar-refractivity contribution in [3.63, 3.8) is 0 Å². The highest BCUT2D eigenvalue weighted by molar-refractivity contribution is 5.87. The predicted molar refractivity (Wildman–Crippen MR) is 101 cm³/mol. The monoisotopic (exact) mass is 312 g/mol. The highest BCUT2D eigenvalue weighted by atomic mass is 14.8. The summed E-state index contributed by atoms with van der Waals surface area (Å²) >= 11 is 0. The summed E-state index contributed by atoms with van der Waals surface area (Å²) in [5.41, 5.74) is 9.18. The smallest absolute Gasteiger partial charge is 0.0874 e. The lowest BCUT2D eigenvalue weighted by Gasteiger charge is -2.07. The van der Waals surface area contributed by atoms with E-state index in [4.69, 9.17) is 4.98 Å². The SMILES string of the molecule is Cc1ccc(-c2ccc(-c3cc(C)c4cccc(C)c4n3)[nH]2)cc1. The molecule has 0 amide bonds. The zero-order valence-electron chi connectivity index (χ0n) is 14.2. The van der Waals surface area contributed by atoms with Gasteiger partial charge >= 0.3 is 0 Å². The Kier molecular flexibility index (Phi) is 3.46. The Morgan fingerprint density at radius 3 is 2.29 bits per heavy atom. The van der Waals surface area contributed by atoms with Gasteiger partial charge in [0.15, 0.2) is 0 Å². The number of H-pyrrole nitrogens is 1. The summed E-state index contributed by atoms with van der Waals surface area (Å²) in [6.45, 7) is 6.37. The number of aryl methyl sites for hydroxylation is 3. The normalized spacial score (nSPS) is 11.1. The zero-order valence-corrected chi connectivity index (χ0v) is 14.2. The van der Waals surface area contributed by atoms with Gasteiger partial charge in [-0.15, -0.1) is 0 Å². The Labute approximate surface area is 142 Å². The number of benzene rings is 2. The van der Waals surface area contributed by atoms with Crippen molar-refractivity contribution < 1.29 is 0 Å². The molecular weight excluding hydrogens is 292 g/mol. The standard InChI is InChI=1S/C22H20N2/c1-14-7-9-17(10-8-14)19-11-12-20(23-19)21-13-16(3)18-6-4-5-15(2)22(18)24-21/h4-13,23H,1-3H3. The van der Waals surface area contributed by atoms with Crippen LogP contribution < -0.4 is 0 Å². The van der Waals surface area contributed by atoms with Gasteiger partial charge in [0.2, 0.25) is 0 Å². The summed E-state index contributed by atoms with van der Waals surface area (Å²) in [4.78, 5) is 8.41. The van der Waals surface area contributed by atoms with Crippen molar-refractivity contribution in [1.29, 1.82) is 0 Å². The van der Waals surface area contributed by atoms with Crippen molar-refractivity contribution in [3.8, 4) is 22.6 Å². The van der Waals surface area contributed by atoms with Gasteiger partial charge in [0.05, 0.1) is 16.9 Å². The molecule has 0 aliphatic carbocycles. The molecule has 118 valence electrons. The number of para-hydroxylation sites is 1. The Hall–Kier alpha value is -2.87. The second kappa shape index (κ2) is 5.64. The van der Waals surface area contributed by atoms with Crippen molar-refractivity contribution in [2.45, 2.75) is 20.8 Å². The minimum Gasteiger partial charge on any atom is -0.353 e. The van der Waals surface area contributed by atoms with Crippen LogP contribution in [0.25, 0.3) is 33.5 Å². The van der Waals surface area contributed by atoms with Crippen LogP contribution in [0.2, 0.25) is 0 Å². The van der Waals surface area contributed by atoms with Crippen LogP contribution in [0.4, 0.5) is 0 Å². The lowest BCUT2D eigenvalue weighted by atomic mass is 10.0. The fraction of sp³-hybridized carbons (Fsp3) is 0.136. The molecule has 0 fully saturated rings. The summed E-state index contributed by atoms with van der Waals surface area (Å²) in [6.07, 6.45) is 0. The first-order chi connectivity index (χ1) is 11.6. The quantitative estimate of drug-likeness (QED) is 0.496. The maximum Gasteiger partial charge on any atom is 0.0874 e. The third-order valence-electron chi connectivity index (χ3n) is 4.57. The van der Waals surface area contributed by atoms with E-state index in [1.807, 2.05) is 0 Å². The molecule has 0 atom stereocenters. The lowest BCUT2D eigenvalue weighted by Crippen LogP contribution is -1.91. The van der Waals surface area contributed by atoms with E-state index >= 15 is 0 Å². The van der Waals surface area contributed by atoms with Gasteiger partial charge in [-0.2, -0.15) is 0 Å². The van der Waals surface area contributed by atoms with E-state index in [-0.39, 0.29) is 0 Å². The third kappa shape index (κ3) is 2.50. The van der Waals surface area contributed by atoms with Gasteiger partial charge in [-0.25, -0.2) is 4.98 Å². The van der Waals surface area contributed by atoms with Crippen molar-refractivity contribution in [1.82, 2.24) is 9.97 Å². The number of hydrogen-bond acceptors (Lipinski definition) is 1. The topological polar surface area (TPSA) is 28.7 Å². The van der Waals surface area contributed by atoms with E-state index in [2.05, 4.69) is 86.4 Å². The van der Waals surface area contributed by atoms with Crippen LogP contribution in [-0.4, -0.2) is 9.97 Å². The molecule has 0 radical (unpaired) electrons. The molecular formula is C22H20N2. The first-order valence-electron chi connectivity index (χ1n) is 8.25. The minimum atomic E-state index is 0.993. The first-order valence-corrected chi connectivity index (χ1v) is 8.25. The molecule has 0 aliphatic rings. The van der Waals surface area contributed by atoms with Gasteiger partial charge in [0, 0.05) is 11.1 Å². The number of nitrogens with zero attached hydrogens (tertiary/aromatic N) is 1. The average Bonchev–Trinajstić information content (AvgIpc) is 3.06. The van der Waals surface area contributed by atoms with Crippen molar-refractivity contribution in [3.05, 3.63) is 77.4 Å². The van der Waals surface area contributed by atoms with E-state index in [1.165, 1.54) is 27.6 Å². The second-order valence-corrected chi connectivity index (χ2v) is 6.45. The van der Waals surface area contributed by atoms with Gasteiger partial charge in [0.1, 0.15) is 0 Å². The van der Waals surface area contributed by atoms with E-state index in [9.17, 15) is 0 Å². The maximum absolute atomic E-state index is 4.90. The van der Waals surface area contributed by atoms with Crippen molar-refractivity contribution in [2.75, 3.05) is 0 Å². The van der Waals surface area contributed by atoms with Crippen LogP contribution in [-0.2, 0) is 0 Å². The number of aromatic nitrogens is 2. The molecule has 0 bridgehead atoms. The number of rotatable bonds is 2. The largest absolute Gasteiger partial charge is 0.353 e. The Bertz CT molecular complexity index is 1020. The number of nitrogens with one attached hydrogen (secondary N) is 1. The van der Waals surface area contributed by atoms with Crippen LogP contribution in [0.1, 0.15) is 16.7 Å². The molecule has 0 saturated heterocycles. The summed E-state index contributed by atoms with van der Waals surface area (Å²) in [6, 6.07) is 21.3. The minimum absolute atomic E-state index is 0.993. The molecule has 0 unspecified atom stereocenters. The Morgan fingerprint density at radius 1 is 0.750 bits per heavy atom. The van der Waals surface area contributed by atoms with Crippen molar-refractivity contribution in [2.24, 2.45) is 0 Å². The van der Waals surface area contributed by atoms with Crippen LogP contribution in [0, 0.1) is 20.8 Å². The van der Waals surface area contributed by atoms with Gasteiger partial charge < -0.3 is 4.98 Å². The van der Waals surface area contributed by atoms with Gasteiger partial charge in [-0.05, 0) is 55.7 Å². The molecule has 2 heteroatoms. The molecule has 1 N–H and O–H groups in total. The fourth-order valence-electron chi connectivity index (χ4n) is 3.15. The molecule has 4 rings (SSSR count). The highest BCUT2D eigenvalue weighted by Crippen LogP contribution is 2.28. The van der Waals surface area contributed by atoms with E-state index < -0.39 is 0 Å². The Morgan fingerprint density at radius 2 is 1.50 bits per heavy atom. The average molecular weight is 312 g/mol. The Balaban J connectivity index is 1.81. The summed E-state index contributed by atoms with van der Waals surface area (Å²) in [5.74, 6) is 0. The highest BCUT2D eigenvalue weighted by Gasteiger charge is 2.09. The number of aromatic amines is 1. The molecule has 2 heterocycles. The number of hydrogen-bond donors (Lipinski definition) is 1. The summed E-state index contributed by atoms with van der Waals surface area (Å²) in [5, 5.41) is 1.23. The van der Waals surface area contributed by atoms with Crippen LogP contribution in [0.5, 0.6) is 0 Å². The van der Waals surface area contributed by atoms with Crippen LogP contribution in [0.3, 0.4) is 0 Å². The van der Waals surface area contributed by atoms with E-state index in [0.29, 0.717) is 0 Å². The van der Waals surface area contributed by atoms with Crippen molar-refractivity contribution >= 4 is 10.9 Å². The predicted octanol–water partition coefficient (Wildman–Crippen LogP) is 5.82. The van der Waals surface area contributed by atoms with Gasteiger partial charge in [0.25, 0.3) is 0 Å². The third-order valence-corrected chi connectivity index (χ3v) is 4.57. The van der Waals surface area contributed by atoms with E-state index in [0.717, 1.165) is 22.6 Å². The first kappa shape index (κ1) is 14.7. The molecule has 24 heavy (non-hydrogen) atoms. The molecule has 0 spiro atoms. The molecule has 2 aromatic carbocycles. The van der Waals surface area contributed by atoms with Crippen LogP contribution in [0.15, 0.2) is 60.7 Å². The number of fused-ring (bicyclic) bond motifs is 1. The lowest BCUT2D eigenvalue weighted by molar-refractivity contribution is 1.29. The summed E-state index contributed by atoms with van der Waals surface area (Å²) < 4.78 is 0. The van der Waals surface area contributed by atoms with Gasteiger partial charge in [-0.1, -0.05) is 48.0 Å². The van der Waals surface area contributed by atoms with Gasteiger partial charge in [-0.3, -0.25) is 0 Å². The molecule has 0 aliphatic heterocycles. The van der Waals surface area contributed by atoms with Crippen LogP contribution >= 0.6 is 0 Å².